The lowest BCUT2D eigenvalue weighted by Crippen LogP contribution is -2.27. The molecule has 1 aromatic carbocycles. The van der Waals surface area contributed by atoms with E-state index in [1.54, 1.807) is 0 Å². The summed E-state index contributed by atoms with van der Waals surface area (Å²) >= 11 is 12.3. The first-order valence-electron chi connectivity index (χ1n) is 8.38. The molecular formula is C18H27Cl2N. The molecule has 118 valence electrons. The first-order chi connectivity index (χ1) is 10.2. The lowest BCUT2D eigenvalue weighted by atomic mass is 9.81. The minimum absolute atomic E-state index is 0.560. The molecule has 0 spiro atoms. The van der Waals surface area contributed by atoms with E-state index in [0.717, 1.165) is 19.0 Å². The predicted octanol–water partition coefficient (Wildman–Crippen LogP) is 6.05. The summed E-state index contributed by atoms with van der Waals surface area (Å²) in [6, 6.07) is 6.19. The number of hydrogen-bond acceptors (Lipinski definition) is 1. The molecular weight excluding hydrogens is 301 g/mol. The predicted molar refractivity (Wildman–Crippen MR) is 93.6 cm³/mol. The normalized spacial score (nSPS) is 18.4. The van der Waals surface area contributed by atoms with Gasteiger partial charge >= 0.3 is 0 Å². The Hall–Kier alpha value is -0.240. The van der Waals surface area contributed by atoms with E-state index in [1.165, 1.54) is 50.5 Å². The first kappa shape index (κ1) is 17.1. The van der Waals surface area contributed by atoms with E-state index in [0.29, 0.717) is 16.0 Å². The van der Waals surface area contributed by atoms with E-state index in [4.69, 9.17) is 23.2 Å². The highest BCUT2D eigenvalue weighted by Crippen LogP contribution is 2.36. The first-order valence-corrected chi connectivity index (χ1v) is 9.13. The van der Waals surface area contributed by atoms with E-state index < -0.39 is 0 Å². The highest BCUT2D eigenvalue weighted by molar-refractivity contribution is 6.42. The maximum atomic E-state index is 6.24. The summed E-state index contributed by atoms with van der Waals surface area (Å²) in [5.74, 6) is 1.33. The Labute approximate surface area is 139 Å². The van der Waals surface area contributed by atoms with Crippen LogP contribution in [0.2, 0.25) is 10.0 Å². The molecule has 1 nitrogen and oxygen atoms in total. The fourth-order valence-electron chi connectivity index (χ4n) is 3.45. The average Bonchev–Trinajstić information content (AvgIpc) is 2.76. The molecule has 0 aromatic heterocycles. The van der Waals surface area contributed by atoms with Crippen LogP contribution in [-0.4, -0.2) is 13.1 Å². The number of nitrogens with one attached hydrogen (secondary N) is 1. The Morgan fingerprint density at radius 3 is 2.43 bits per heavy atom. The zero-order chi connectivity index (χ0) is 15.1. The Balaban J connectivity index is 2.14. The van der Waals surface area contributed by atoms with Gasteiger partial charge < -0.3 is 5.32 Å². The molecule has 1 aliphatic rings. The highest BCUT2D eigenvalue weighted by atomic mass is 35.5. The monoisotopic (exact) mass is 327 g/mol. The largest absolute Gasteiger partial charge is 0.316 e. The Bertz CT molecular complexity index is 425. The van der Waals surface area contributed by atoms with Crippen molar-refractivity contribution in [3.63, 3.8) is 0 Å². The molecule has 0 heterocycles. The molecule has 1 N–H and O–H groups in total. The standard InChI is InChI=1S/C18H27Cl2N/c1-2-11-21-13-16(14-7-5-3-4-6-8-14)15-9-10-17(19)18(20)12-15/h9-10,12,14,16,21H,2-8,11,13H2,1H3. The van der Waals surface area contributed by atoms with Crippen molar-refractivity contribution in [3.8, 4) is 0 Å². The van der Waals surface area contributed by atoms with Gasteiger partial charge in [-0.3, -0.25) is 0 Å². The van der Waals surface area contributed by atoms with E-state index >= 15 is 0 Å². The molecule has 1 fully saturated rings. The summed E-state index contributed by atoms with van der Waals surface area (Å²) in [5.41, 5.74) is 1.35. The van der Waals surface area contributed by atoms with Crippen LogP contribution in [-0.2, 0) is 0 Å². The topological polar surface area (TPSA) is 12.0 Å². The van der Waals surface area contributed by atoms with Gasteiger partial charge in [0.15, 0.2) is 0 Å². The van der Waals surface area contributed by atoms with Gasteiger partial charge in [0, 0.05) is 6.54 Å². The van der Waals surface area contributed by atoms with Gasteiger partial charge in [-0.05, 0) is 55.3 Å². The third-order valence-corrected chi connectivity index (χ3v) is 5.37. The van der Waals surface area contributed by atoms with Gasteiger partial charge in [0.2, 0.25) is 0 Å². The SMILES string of the molecule is CCCNCC(c1ccc(Cl)c(Cl)c1)C1CCCCCC1. The van der Waals surface area contributed by atoms with Crippen LogP contribution in [0, 0.1) is 5.92 Å². The van der Waals surface area contributed by atoms with Gasteiger partial charge in [0.25, 0.3) is 0 Å². The van der Waals surface area contributed by atoms with Crippen LogP contribution in [0.25, 0.3) is 0 Å². The summed E-state index contributed by atoms with van der Waals surface area (Å²) in [7, 11) is 0. The quantitative estimate of drug-likeness (QED) is 0.495. The second kappa shape index (κ2) is 9.02. The fraction of sp³-hybridized carbons (Fsp3) is 0.667. The molecule has 1 saturated carbocycles. The summed E-state index contributed by atoms with van der Waals surface area (Å²) in [4.78, 5) is 0. The lowest BCUT2D eigenvalue weighted by molar-refractivity contribution is 0.361. The smallest absolute Gasteiger partial charge is 0.0595 e. The minimum atomic E-state index is 0.560. The Morgan fingerprint density at radius 1 is 1.10 bits per heavy atom. The van der Waals surface area contributed by atoms with Gasteiger partial charge in [-0.15, -0.1) is 0 Å². The van der Waals surface area contributed by atoms with Crippen LogP contribution in [0.15, 0.2) is 18.2 Å². The molecule has 3 heteroatoms. The number of halogens is 2. The Morgan fingerprint density at radius 2 is 1.81 bits per heavy atom. The molecule has 1 atom stereocenters. The van der Waals surface area contributed by atoms with Crippen molar-refractivity contribution in [2.24, 2.45) is 5.92 Å². The zero-order valence-electron chi connectivity index (χ0n) is 13.0. The van der Waals surface area contributed by atoms with E-state index in [1.807, 2.05) is 6.07 Å². The fourth-order valence-corrected chi connectivity index (χ4v) is 3.75. The van der Waals surface area contributed by atoms with Crippen LogP contribution in [0.4, 0.5) is 0 Å². The molecule has 1 unspecified atom stereocenters. The van der Waals surface area contributed by atoms with Gasteiger partial charge in [0.1, 0.15) is 0 Å². The maximum absolute atomic E-state index is 6.24. The molecule has 0 aliphatic heterocycles. The molecule has 0 saturated heterocycles. The van der Waals surface area contributed by atoms with Crippen LogP contribution in [0.1, 0.15) is 63.4 Å². The van der Waals surface area contributed by atoms with E-state index in [9.17, 15) is 0 Å². The second-order valence-electron chi connectivity index (χ2n) is 6.24. The van der Waals surface area contributed by atoms with Crippen molar-refractivity contribution in [2.75, 3.05) is 13.1 Å². The Kier molecular flexibility index (Phi) is 7.36. The lowest BCUT2D eigenvalue weighted by Gasteiger charge is -2.27. The number of benzene rings is 1. The molecule has 21 heavy (non-hydrogen) atoms. The number of rotatable bonds is 6. The van der Waals surface area contributed by atoms with Gasteiger partial charge in [0.05, 0.1) is 10.0 Å². The van der Waals surface area contributed by atoms with E-state index in [2.05, 4.69) is 24.4 Å². The van der Waals surface area contributed by atoms with Crippen LogP contribution in [0.5, 0.6) is 0 Å². The number of hydrogen-bond donors (Lipinski definition) is 1. The van der Waals surface area contributed by atoms with Gasteiger partial charge in [-0.1, -0.05) is 61.9 Å². The summed E-state index contributed by atoms with van der Waals surface area (Å²) in [6.45, 7) is 4.35. The van der Waals surface area contributed by atoms with Crippen molar-refractivity contribution in [1.82, 2.24) is 5.32 Å². The third-order valence-electron chi connectivity index (χ3n) is 4.63. The summed E-state index contributed by atoms with van der Waals surface area (Å²) in [5, 5.41) is 4.95. The molecule has 0 radical (unpaired) electrons. The molecule has 1 aromatic rings. The second-order valence-corrected chi connectivity index (χ2v) is 7.05. The summed E-state index contributed by atoms with van der Waals surface area (Å²) < 4.78 is 0. The average molecular weight is 328 g/mol. The zero-order valence-corrected chi connectivity index (χ0v) is 14.5. The third kappa shape index (κ3) is 5.16. The molecule has 0 bridgehead atoms. The molecule has 2 rings (SSSR count). The van der Waals surface area contributed by atoms with Crippen LogP contribution < -0.4 is 5.32 Å². The van der Waals surface area contributed by atoms with Crippen molar-refractivity contribution in [1.29, 1.82) is 0 Å². The van der Waals surface area contributed by atoms with E-state index in [-0.39, 0.29) is 0 Å². The van der Waals surface area contributed by atoms with Crippen molar-refractivity contribution in [3.05, 3.63) is 33.8 Å². The molecule has 0 amide bonds. The van der Waals surface area contributed by atoms with Crippen molar-refractivity contribution < 1.29 is 0 Å². The maximum Gasteiger partial charge on any atom is 0.0595 e. The van der Waals surface area contributed by atoms with Crippen LogP contribution >= 0.6 is 23.2 Å². The van der Waals surface area contributed by atoms with Crippen molar-refractivity contribution >= 4 is 23.2 Å². The summed E-state index contributed by atoms with van der Waals surface area (Å²) in [6.07, 6.45) is 9.41. The van der Waals surface area contributed by atoms with Crippen LogP contribution in [0.3, 0.4) is 0 Å². The molecule has 1 aliphatic carbocycles. The van der Waals surface area contributed by atoms with Crippen molar-refractivity contribution in [2.45, 2.75) is 57.8 Å². The van der Waals surface area contributed by atoms with Gasteiger partial charge in [-0.2, -0.15) is 0 Å². The minimum Gasteiger partial charge on any atom is -0.316 e. The highest BCUT2D eigenvalue weighted by Gasteiger charge is 2.24. The van der Waals surface area contributed by atoms with Gasteiger partial charge in [-0.25, -0.2) is 0 Å².